The smallest absolute Gasteiger partial charge is 0.321 e. The van der Waals surface area contributed by atoms with Crippen LogP contribution in [0.15, 0.2) is 59.4 Å². The topological polar surface area (TPSA) is 74.7 Å². The quantitative estimate of drug-likeness (QED) is 0.709. The fourth-order valence-corrected chi connectivity index (χ4v) is 3.61. The number of nitrogens with zero attached hydrogens (tertiary/aromatic N) is 3. The summed E-state index contributed by atoms with van der Waals surface area (Å²) in [7, 11) is 1.68. The molecule has 2 heterocycles. The van der Waals surface area contributed by atoms with Gasteiger partial charge in [0.1, 0.15) is 5.82 Å². The molecule has 1 aliphatic heterocycles. The number of aryl methyl sites for hydroxylation is 1. The Kier molecular flexibility index (Phi) is 5.22. The van der Waals surface area contributed by atoms with Crippen molar-refractivity contribution in [2.75, 3.05) is 31.5 Å². The Hall–Kier alpha value is -3.68. The Morgan fingerprint density at radius 2 is 1.57 bits per heavy atom. The van der Waals surface area contributed by atoms with E-state index in [4.69, 9.17) is 0 Å². The second-order valence-corrected chi connectivity index (χ2v) is 7.19. The van der Waals surface area contributed by atoms with Crippen LogP contribution in [0, 0.1) is 5.82 Å². The normalized spacial score (nSPS) is 14.1. The molecule has 0 atom stereocenters. The van der Waals surface area contributed by atoms with Crippen LogP contribution in [-0.2, 0) is 7.05 Å². The van der Waals surface area contributed by atoms with E-state index in [1.807, 2.05) is 24.3 Å². The summed E-state index contributed by atoms with van der Waals surface area (Å²) >= 11 is 0. The highest BCUT2D eigenvalue weighted by atomic mass is 19.1. The highest BCUT2D eigenvalue weighted by molar-refractivity contribution is 6.06. The highest BCUT2D eigenvalue weighted by Gasteiger charge is 2.26. The SMILES string of the molecule is Cn1c(=O)cc(C(=O)N2CCN(C(=O)Nc3ccc(F)cc3)CC2)c2ccccc21. The minimum absolute atomic E-state index is 0.220. The molecule has 3 aromatic rings. The van der Waals surface area contributed by atoms with Gasteiger partial charge in [0.05, 0.1) is 11.1 Å². The first-order chi connectivity index (χ1) is 14.4. The Labute approximate surface area is 172 Å². The largest absolute Gasteiger partial charge is 0.335 e. The van der Waals surface area contributed by atoms with Crippen molar-refractivity contribution in [3.05, 3.63) is 76.3 Å². The molecule has 1 aromatic heterocycles. The first-order valence-electron chi connectivity index (χ1n) is 9.63. The van der Waals surface area contributed by atoms with Crippen molar-refractivity contribution in [3.63, 3.8) is 0 Å². The number of hydrogen-bond donors (Lipinski definition) is 1. The van der Waals surface area contributed by atoms with Crippen LogP contribution in [0.25, 0.3) is 10.9 Å². The van der Waals surface area contributed by atoms with E-state index in [1.165, 1.54) is 34.9 Å². The maximum atomic E-state index is 13.1. The van der Waals surface area contributed by atoms with E-state index in [-0.39, 0.29) is 23.3 Å². The molecule has 0 spiro atoms. The number of para-hydroxylation sites is 1. The number of urea groups is 1. The lowest BCUT2D eigenvalue weighted by Gasteiger charge is -2.35. The maximum absolute atomic E-state index is 13.1. The second kappa shape index (κ2) is 7.98. The molecular weight excluding hydrogens is 387 g/mol. The molecule has 1 saturated heterocycles. The number of nitrogens with one attached hydrogen (secondary N) is 1. The summed E-state index contributed by atoms with van der Waals surface area (Å²) in [5.74, 6) is -0.592. The zero-order chi connectivity index (χ0) is 21.3. The Morgan fingerprint density at radius 1 is 0.933 bits per heavy atom. The van der Waals surface area contributed by atoms with Gasteiger partial charge in [-0.2, -0.15) is 0 Å². The van der Waals surface area contributed by atoms with Gasteiger partial charge in [-0.1, -0.05) is 18.2 Å². The van der Waals surface area contributed by atoms with Gasteiger partial charge in [-0.15, -0.1) is 0 Å². The molecular formula is C22H21FN4O3. The standard InChI is InChI=1S/C22H21FN4O3/c1-25-19-5-3-2-4-17(19)18(14-20(25)28)21(29)26-10-12-27(13-11-26)22(30)24-16-8-6-15(23)7-9-16/h2-9,14H,10-13H2,1H3,(H,24,30). The molecule has 3 amide bonds. The van der Waals surface area contributed by atoms with Crippen LogP contribution >= 0.6 is 0 Å². The number of amides is 3. The van der Waals surface area contributed by atoms with Gasteiger partial charge in [0.15, 0.2) is 0 Å². The van der Waals surface area contributed by atoms with Crippen LogP contribution in [0.4, 0.5) is 14.9 Å². The Bertz CT molecular complexity index is 1170. The molecule has 154 valence electrons. The van der Waals surface area contributed by atoms with Gasteiger partial charge >= 0.3 is 6.03 Å². The Balaban J connectivity index is 1.46. The van der Waals surface area contributed by atoms with E-state index in [2.05, 4.69) is 5.32 Å². The zero-order valence-corrected chi connectivity index (χ0v) is 16.5. The first kappa shape index (κ1) is 19.6. The van der Waals surface area contributed by atoms with Crippen LogP contribution in [0.5, 0.6) is 0 Å². The molecule has 4 rings (SSSR count). The average Bonchev–Trinajstić information content (AvgIpc) is 2.77. The summed E-state index contributed by atoms with van der Waals surface area (Å²) in [6.45, 7) is 1.45. The molecule has 1 N–H and O–H groups in total. The third-order valence-corrected chi connectivity index (χ3v) is 5.33. The summed E-state index contributed by atoms with van der Waals surface area (Å²) in [6.07, 6.45) is 0. The number of aromatic nitrogens is 1. The molecule has 7 nitrogen and oxygen atoms in total. The highest BCUT2D eigenvalue weighted by Crippen LogP contribution is 2.19. The monoisotopic (exact) mass is 408 g/mol. The molecule has 1 aliphatic rings. The van der Waals surface area contributed by atoms with Crippen molar-refractivity contribution in [2.45, 2.75) is 0 Å². The molecule has 8 heteroatoms. The van der Waals surface area contributed by atoms with E-state index < -0.39 is 0 Å². The summed E-state index contributed by atoms with van der Waals surface area (Å²) < 4.78 is 14.5. The number of hydrogen-bond acceptors (Lipinski definition) is 3. The number of piperazine rings is 1. The number of pyridine rings is 1. The number of halogens is 1. The fraction of sp³-hybridized carbons (Fsp3) is 0.227. The van der Waals surface area contributed by atoms with Crippen molar-refractivity contribution in [2.24, 2.45) is 7.05 Å². The lowest BCUT2D eigenvalue weighted by molar-refractivity contribution is 0.0673. The third-order valence-electron chi connectivity index (χ3n) is 5.33. The van der Waals surface area contributed by atoms with Gasteiger partial charge in [-0.25, -0.2) is 9.18 Å². The van der Waals surface area contributed by atoms with Crippen molar-refractivity contribution >= 4 is 28.5 Å². The van der Waals surface area contributed by atoms with Gasteiger partial charge < -0.3 is 19.7 Å². The van der Waals surface area contributed by atoms with Crippen LogP contribution in [0.1, 0.15) is 10.4 Å². The molecule has 0 aliphatic carbocycles. The Morgan fingerprint density at radius 3 is 2.27 bits per heavy atom. The average molecular weight is 408 g/mol. The van der Waals surface area contributed by atoms with E-state index in [0.29, 0.717) is 42.9 Å². The fourth-order valence-electron chi connectivity index (χ4n) is 3.61. The van der Waals surface area contributed by atoms with Crippen LogP contribution in [0.2, 0.25) is 0 Å². The lowest BCUT2D eigenvalue weighted by Crippen LogP contribution is -2.51. The molecule has 0 saturated carbocycles. The van der Waals surface area contributed by atoms with E-state index >= 15 is 0 Å². The minimum atomic E-state index is -0.372. The molecule has 30 heavy (non-hydrogen) atoms. The number of anilines is 1. The third kappa shape index (κ3) is 3.76. The number of fused-ring (bicyclic) bond motifs is 1. The molecule has 0 unspecified atom stereocenters. The number of rotatable bonds is 2. The van der Waals surface area contributed by atoms with Gasteiger partial charge in [-0.05, 0) is 30.3 Å². The predicted octanol–water partition coefficient (Wildman–Crippen LogP) is 2.67. The minimum Gasteiger partial charge on any atom is -0.335 e. The second-order valence-electron chi connectivity index (χ2n) is 7.19. The van der Waals surface area contributed by atoms with Crippen molar-refractivity contribution < 1.29 is 14.0 Å². The maximum Gasteiger partial charge on any atom is 0.321 e. The summed E-state index contributed by atoms with van der Waals surface area (Å²) in [5.41, 5.74) is 1.34. The number of carbonyl (C=O) groups excluding carboxylic acids is 2. The van der Waals surface area contributed by atoms with Gasteiger partial charge in [-0.3, -0.25) is 9.59 Å². The summed E-state index contributed by atoms with van der Waals surface area (Å²) in [4.78, 5) is 41.1. The molecule has 1 fully saturated rings. The summed E-state index contributed by atoms with van der Waals surface area (Å²) in [5, 5.41) is 3.45. The van der Waals surface area contributed by atoms with Crippen molar-refractivity contribution in [1.29, 1.82) is 0 Å². The molecule has 2 aromatic carbocycles. The van der Waals surface area contributed by atoms with E-state index in [1.54, 1.807) is 16.8 Å². The van der Waals surface area contributed by atoms with E-state index in [9.17, 15) is 18.8 Å². The van der Waals surface area contributed by atoms with Gasteiger partial charge in [0, 0.05) is 50.4 Å². The van der Waals surface area contributed by atoms with Crippen molar-refractivity contribution in [1.82, 2.24) is 14.4 Å². The number of benzene rings is 2. The van der Waals surface area contributed by atoms with E-state index in [0.717, 1.165) is 5.39 Å². The zero-order valence-electron chi connectivity index (χ0n) is 16.5. The molecule has 0 bridgehead atoms. The van der Waals surface area contributed by atoms with Gasteiger partial charge in [0.2, 0.25) is 0 Å². The first-order valence-corrected chi connectivity index (χ1v) is 9.63. The number of carbonyl (C=O) groups is 2. The predicted molar refractivity (Wildman–Crippen MR) is 112 cm³/mol. The van der Waals surface area contributed by atoms with Crippen LogP contribution in [-0.4, -0.2) is 52.5 Å². The van der Waals surface area contributed by atoms with Crippen LogP contribution in [0.3, 0.4) is 0 Å². The van der Waals surface area contributed by atoms with Crippen LogP contribution < -0.4 is 10.9 Å². The van der Waals surface area contributed by atoms with Crippen molar-refractivity contribution in [3.8, 4) is 0 Å². The van der Waals surface area contributed by atoms with Gasteiger partial charge in [0.25, 0.3) is 11.5 Å². The summed E-state index contributed by atoms with van der Waals surface area (Å²) in [6, 6.07) is 13.9. The lowest BCUT2D eigenvalue weighted by atomic mass is 10.1. The molecule has 0 radical (unpaired) electrons.